The van der Waals surface area contributed by atoms with Crippen LogP contribution in [0, 0.1) is 10.1 Å². The normalized spacial score (nSPS) is 11.7. The molecular weight excluding hydrogens is 320 g/mol. The highest BCUT2D eigenvalue weighted by atomic mass is 35.5. The number of hydrogen-bond donors (Lipinski definition) is 2. The third-order valence-electron chi connectivity index (χ3n) is 2.63. The molecule has 1 aromatic rings. The van der Waals surface area contributed by atoms with E-state index in [1.54, 1.807) is 0 Å². The van der Waals surface area contributed by atoms with Gasteiger partial charge in [-0.3, -0.25) is 14.9 Å². The summed E-state index contributed by atoms with van der Waals surface area (Å²) in [5.74, 6) is -1.49. The van der Waals surface area contributed by atoms with Gasteiger partial charge in [-0.05, 0) is 30.6 Å². The molecule has 1 amide bonds. The van der Waals surface area contributed by atoms with Crippen molar-refractivity contribution in [2.45, 2.75) is 12.5 Å². The van der Waals surface area contributed by atoms with Crippen LogP contribution in [0.5, 0.6) is 0 Å². The summed E-state index contributed by atoms with van der Waals surface area (Å²) in [5.41, 5.74) is -0.798. The van der Waals surface area contributed by atoms with E-state index in [0.717, 1.165) is 0 Å². The molecule has 114 valence electrons. The van der Waals surface area contributed by atoms with Crippen molar-refractivity contribution in [3.05, 3.63) is 38.9 Å². The lowest BCUT2D eigenvalue weighted by atomic mass is 10.1. The Balaban J connectivity index is 3.00. The van der Waals surface area contributed by atoms with Crippen LogP contribution in [-0.2, 0) is 4.79 Å². The number of thioether (sulfide) groups is 1. The van der Waals surface area contributed by atoms with Gasteiger partial charge in [0.1, 0.15) is 16.6 Å². The quantitative estimate of drug-likeness (QED) is 0.585. The van der Waals surface area contributed by atoms with E-state index in [1.165, 1.54) is 30.0 Å². The number of para-hydroxylation sites is 1. The second-order valence-electron chi connectivity index (χ2n) is 4.04. The number of carboxylic acids is 1. The van der Waals surface area contributed by atoms with E-state index >= 15 is 0 Å². The highest BCUT2D eigenvalue weighted by molar-refractivity contribution is 7.98. The monoisotopic (exact) mass is 332 g/mol. The second-order valence-corrected chi connectivity index (χ2v) is 5.43. The van der Waals surface area contributed by atoms with Gasteiger partial charge >= 0.3 is 11.7 Å². The zero-order valence-electron chi connectivity index (χ0n) is 11.0. The highest BCUT2D eigenvalue weighted by Gasteiger charge is 2.27. The van der Waals surface area contributed by atoms with E-state index < -0.39 is 28.5 Å². The van der Waals surface area contributed by atoms with Crippen LogP contribution >= 0.6 is 23.4 Å². The van der Waals surface area contributed by atoms with Crippen LogP contribution in [0.25, 0.3) is 0 Å². The molecule has 1 rings (SSSR count). The molecule has 0 aliphatic carbocycles. The Morgan fingerprint density at radius 2 is 2.19 bits per heavy atom. The minimum Gasteiger partial charge on any atom is -0.480 e. The Bertz CT molecular complexity index is 567. The van der Waals surface area contributed by atoms with Gasteiger partial charge in [-0.1, -0.05) is 17.7 Å². The number of amides is 1. The molecule has 7 nitrogen and oxygen atoms in total. The van der Waals surface area contributed by atoms with E-state index in [1.807, 2.05) is 6.26 Å². The number of aliphatic carboxylic acids is 1. The first-order valence-electron chi connectivity index (χ1n) is 5.84. The molecule has 1 aromatic carbocycles. The van der Waals surface area contributed by atoms with Gasteiger partial charge < -0.3 is 10.4 Å². The lowest BCUT2D eigenvalue weighted by Crippen LogP contribution is -2.41. The molecule has 1 atom stereocenters. The lowest BCUT2D eigenvalue weighted by molar-refractivity contribution is -0.385. The van der Waals surface area contributed by atoms with Gasteiger partial charge in [0.2, 0.25) is 0 Å². The summed E-state index contributed by atoms with van der Waals surface area (Å²) in [6.45, 7) is 0. The fraction of sp³-hybridized carbons (Fsp3) is 0.333. The number of nitrogens with one attached hydrogen (secondary N) is 1. The number of nitro benzene ring substituents is 1. The SMILES string of the molecule is CSCC[C@H](NC(=O)c1cccc(Cl)c1[N+](=O)[O-])C(=O)O. The predicted molar refractivity (Wildman–Crippen MR) is 80.0 cm³/mol. The Morgan fingerprint density at radius 1 is 1.52 bits per heavy atom. The smallest absolute Gasteiger partial charge is 0.326 e. The van der Waals surface area contributed by atoms with Gasteiger partial charge in [-0.25, -0.2) is 4.79 Å². The standard InChI is InChI=1S/C12H13ClN2O5S/c1-21-6-5-9(12(17)18)14-11(16)7-3-2-4-8(13)10(7)15(19)20/h2-4,9H,5-6H2,1H3,(H,14,16)(H,17,18)/t9-/m0/s1. The molecular formula is C12H13ClN2O5S. The molecule has 0 fully saturated rings. The number of nitro groups is 1. The number of hydrogen-bond acceptors (Lipinski definition) is 5. The number of halogens is 1. The van der Waals surface area contributed by atoms with Gasteiger partial charge in [0, 0.05) is 0 Å². The van der Waals surface area contributed by atoms with Crippen molar-refractivity contribution in [1.29, 1.82) is 0 Å². The van der Waals surface area contributed by atoms with Crippen LogP contribution in [-0.4, -0.2) is 40.0 Å². The molecule has 0 radical (unpaired) electrons. The summed E-state index contributed by atoms with van der Waals surface area (Å²) in [7, 11) is 0. The Hall–Kier alpha value is -1.80. The maximum atomic E-state index is 12.1. The fourth-order valence-corrected chi connectivity index (χ4v) is 2.33. The van der Waals surface area contributed by atoms with Crippen molar-refractivity contribution >= 4 is 40.9 Å². The summed E-state index contributed by atoms with van der Waals surface area (Å²) in [6.07, 6.45) is 2.03. The van der Waals surface area contributed by atoms with Crippen LogP contribution in [0.2, 0.25) is 5.02 Å². The number of carboxylic acid groups (broad SMARTS) is 1. The number of rotatable bonds is 7. The summed E-state index contributed by atoms with van der Waals surface area (Å²) in [5, 5.41) is 22.1. The molecule has 0 saturated carbocycles. The van der Waals surface area contributed by atoms with Crippen LogP contribution < -0.4 is 5.32 Å². The first-order valence-corrected chi connectivity index (χ1v) is 7.61. The molecule has 9 heteroatoms. The van der Waals surface area contributed by atoms with Crippen molar-refractivity contribution < 1.29 is 19.6 Å². The molecule has 0 bridgehead atoms. The second kappa shape index (κ2) is 7.84. The number of benzene rings is 1. The maximum Gasteiger partial charge on any atom is 0.326 e. The number of nitrogens with zero attached hydrogens (tertiary/aromatic N) is 1. The van der Waals surface area contributed by atoms with Crippen LogP contribution in [0.1, 0.15) is 16.8 Å². The molecule has 0 aliphatic rings. The first kappa shape index (κ1) is 17.3. The van der Waals surface area contributed by atoms with Crippen molar-refractivity contribution in [3.8, 4) is 0 Å². The molecule has 0 saturated heterocycles. The maximum absolute atomic E-state index is 12.1. The summed E-state index contributed by atoms with van der Waals surface area (Å²) in [4.78, 5) is 33.3. The highest BCUT2D eigenvalue weighted by Crippen LogP contribution is 2.28. The van der Waals surface area contributed by atoms with E-state index in [4.69, 9.17) is 16.7 Å². The molecule has 0 heterocycles. The number of carbonyl (C=O) groups is 2. The van der Waals surface area contributed by atoms with Gasteiger partial charge in [-0.2, -0.15) is 11.8 Å². The van der Waals surface area contributed by atoms with Gasteiger partial charge in [0.15, 0.2) is 0 Å². The van der Waals surface area contributed by atoms with Gasteiger partial charge in [0.25, 0.3) is 5.91 Å². The topological polar surface area (TPSA) is 110 Å². The Morgan fingerprint density at radius 3 is 2.71 bits per heavy atom. The minimum atomic E-state index is -1.19. The number of carbonyl (C=O) groups excluding carboxylic acids is 1. The van der Waals surface area contributed by atoms with Crippen molar-refractivity contribution in [1.82, 2.24) is 5.32 Å². The average molecular weight is 333 g/mol. The van der Waals surface area contributed by atoms with Crippen molar-refractivity contribution in [3.63, 3.8) is 0 Å². The molecule has 0 unspecified atom stereocenters. The van der Waals surface area contributed by atoms with Crippen molar-refractivity contribution in [2.24, 2.45) is 0 Å². The van der Waals surface area contributed by atoms with Crippen LogP contribution in [0.3, 0.4) is 0 Å². The van der Waals surface area contributed by atoms with E-state index in [0.29, 0.717) is 5.75 Å². The predicted octanol–water partition coefficient (Wildman–Crippen LogP) is 2.18. The van der Waals surface area contributed by atoms with E-state index in [2.05, 4.69) is 5.32 Å². The largest absolute Gasteiger partial charge is 0.480 e. The molecule has 0 aliphatic heterocycles. The third-order valence-corrected chi connectivity index (χ3v) is 3.58. The zero-order valence-corrected chi connectivity index (χ0v) is 12.6. The average Bonchev–Trinajstić information content (AvgIpc) is 2.42. The van der Waals surface area contributed by atoms with Gasteiger partial charge in [0.05, 0.1) is 4.92 Å². The molecule has 21 heavy (non-hydrogen) atoms. The zero-order chi connectivity index (χ0) is 16.0. The van der Waals surface area contributed by atoms with Gasteiger partial charge in [-0.15, -0.1) is 0 Å². The summed E-state index contributed by atoms with van der Waals surface area (Å²) >= 11 is 7.15. The van der Waals surface area contributed by atoms with Crippen LogP contribution in [0.4, 0.5) is 5.69 Å². The minimum absolute atomic E-state index is 0.177. The molecule has 0 aromatic heterocycles. The summed E-state index contributed by atoms with van der Waals surface area (Å²) in [6, 6.07) is 2.80. The van der Waals surface area contributed by atoms with E-state index in [-0.39, 0.29) is 17.0 Å². The fourth-order valence-electron chi connectivity index (χ4n) is 1.61. The molecule has 0 spiro atoms. The Labute approximate surface area is 129 Å². The summed E-state index contributed by atoms with van der Waals surface area (Å²) < 4.78 is 0. The van der Waals surface area contributed by atoms with Crippen LogP contribution in [0.15, 0.2) is 18.2 Å². The first-order chi connectivity index (χ1) is 9.88. The molecule has 2 N–H and O–H groups in total. The third kappa shape index (κ3) is 4.61. The van der Waals surface area contributed by atoms with E-state index in [9.17, 15) is 19.7 Å². The Kier molecular flexibility index (Phi) is 6.44. The van der Waals surface area contributed by atoms with Crippen molar-refractivity contribution in [2.75, 3.05) is 12.0 Å². The lowest BCUT2D eigenvalue weighted by Gasteiger charge is -2.14.